The molecule has 3 heterocycles. The molecule has 1 amide bonds. The number of nitrogens with one attached hydrogen (secondary N) is 2. The Morgan fingerprint density at radius 2 is 2.16 bits per heavy atom. The van der Waals surface area contributed by atoms with Gasteiger partial charge in [-0.25, -0.2) is 0 Å². The summed E-state index contributed by atoms with van der Waals surface area (Å²) in [7, 11) is 0. The molecule has 4 aromatic rings. The molecule has 0 spiro atoms. The lowest BCUT2D eigenvalue weighted by molar-refractivity contribution is -0.113. The summed E-state index contributed by atoms with van der Waals surface area (Å²) in [5, 5.41) is 14.1. The highest BCUT2D eigenvalue weighted by Crippen LogP contribution is 2.31. The molecule has 5 rings (SSSR count). The zero-order valence-corrected chi connectivity index (χ0v) is 18.8. The van der Waals surface area contributed by atoms with Crippen LogP contribution in [0.4, 0.5) is 5.69 Å². The molecule has 0 aliphatic carbocycles. The first-order valence-corrected chi connectivity index (χ1v) is 11.8. The van der Waals surface area contributed by atoms with E-state index >= 15 is 0 Å². The number of anilines is 1. The molecule has 0 unspecified atom stereocenters. The van der Waals surface area contributed by atoms with E-state index in [1.165, 1.54) is 11.8 Å². The molecule has 2 N–H and O–H groups in total. The third-order valence-electron chi connectivity index (χ3n) is 5.40. The summed E-state index contributed by atoms with van der Waals surface area (Å²) >= 11 is 7.37. The first-order chi connectivity index (χ1) is 15.7. The number of aromatic amines is 1. The average molecular weight is 468 g/mol. The molecular weight excluding hydrogens is 446 g/mol. The highest BCUT2D eigenvalue weighted by atomic mass is 35.5. The van der Waals surface area contributed by atoms with Gasteiger partial charge in [0.05, 0.1) is 18.4 Å². The molecule has 0 bridgehead atoms. The number of carbonyl (C=O) groups excluding carboxylic acids is 1. The molecular formula is C23H22ClN5O2S. The van der Waals surface area contributed by atoms with Gasteiger partial charge in [0.2, 0.25) is 5.91 Å². The summed E-state index contributed by atoms with van der Waals surface area (Å²) in [5.74, 6) is 0.859. The standard InChI is InChI=1S/C23H22ClN5O2S/c24-15-5-3-6-16(11-15)26-21(30)14-32-23-28-27-22(29(23)13-17-7-4-10-31-17)19-12-25-20-9-2-1-8-18(19)20/h1-3,5-6,8-9,11-12,17,25H,4,7,10,13-14H2,(H,26,30)/t17-/m0/s1. The Bertz CT molecular complexity index is 1250. The Labute approximate surface area is 194 Å². The zero-order valence-electron chi connectivity index (χ0n) is 17.3. The summed E-state index contributed by atoms with van der Waals surface area (Å²) in [4.78, 5) is 15.8. The van der Waals surface area contributed by atoms with Gasteiger partial charge in [0, 0.05) is 40.0 Å². The van der Waals surface area contributed by atoms with E-state index in [1.807, 2.05) is 30.5 Å². The number of H-pyrrole nitrogens is 1. The number of ether oxygens (including phenoxy) is 1. The zero-order chi connectivity index (χ0) is 21.9. The minimum atomic E-state index is -0.127. The fourth-order valence-electron chi connectivity index (χ4n) is 3.90. The van der Waals surface area contributed by atoms with Crippen LogP contribution in [0.25, 0.3) is 22.3 Å². The van der Waals surface area contributed by atoms with Crippen molar-refractivity contribution in [3.63, 3.8) is 0 Å². The third-order valence-corrected chi connectivity index (χ3v) is 6.60. The van der Waals surface area contributed by atoms with Crippen molar-refractivity contribution in [3.8, 4) is 11.4 Å². The number of fused-ring (bicyclic) bond motifs is 1. The van der Waals surface area contributed by atoms with E-state index in [4.69, 9.17) is 16.3 Å². The second kappa shape index (κ2) is 9.36. The van der Waals surface area contributed by atoms with E-state index in [2.05, 4.69) is 31.1 Å². The van der Waals surface area contributed by atoms with E-state index in [1.54, 1.807) is 18.2 Å². The van der Waals surface area contributed by atoms with Gasteiger partial charge < -0.3 is 15.0 Å². The molecule has 0 saturated carbocycles. The van der Waals surface area contributed by atoms with E-state index in [0.29, 0.717) is 22.4 Å². The molecule has 1 atom stereocenters. The molecule has 2 aromatic heterocycles. The number of benzene rings is 2. The van der Waals surface area contributed by atoms with Crippen molar-refractivity contribution in [1.29, 1.82) is 0 Å². The normalized spacial score (nSPS) is 16.0. The molecule has 32 heavy (non-hydrogen) atoms. The minimum absolute atomic E-state index is 0.120. The Morgan fingerprint density at radius 3 is 3.00 bits per heavy atom. The van der Waals surface area contributed by atoms with Gasteiger partial charge in [-0.3, -0.25) is 9.36 Å². The van der Waals surface area contributed by atoms with Crippen LogP contribution in [-0.2, 0) is 16.1 Å². The summed E-state index contributed by atoms with van der Waals surface area (Å²) < 4.78 is 7.94. The summed E-state index contributed by atoms with van der Waals surface area (Å²) in [6.07, 6.45) is 4.14. The number of nitrogens with zero attached hydrogens (tertiary/aromatic N) is 3. The van der Waals surface area contributed by atoms with Crippen LogP contribution in [-0.4, -0.2) is 44.1 Å². The second-order valence-electron chi connectivity index (χ2n) is 7.65. The van der Waals surface area contributed by atoms with Gasteiger partial charge in [-0.2, -0.15) is 0 Å². The maximum absolute atomic E-state index is 12.5. The molecule has 2 aromatic carbocycles. The van der Waals surface area contributed by atoms with Crippen LogP contribution >= 0.6 is 23.4 Å². The van der Waals surface area contributed by atoms with Crippen LogP contribution in [0.3, 0.4) is 0 Å². The average Bonchev–Trinajstić information content (AvgIpc) is 3.53. The van der Waals surface area contributed by atoms with Crippen molar-refractivity contribution in [2.45, 2.75) is 30.6 Å². The SMILES string of the molecule is O=C(CSc1nnc(-c2c[nH]c3ccccc23)n1C[C@@H]1CCCO1)Nc1cccc(Cl)c1. The van der Waals surface area contributed by atoms with Crippen molar-refractivity contribution < 1.29 is 9.53 Å². The highest BCUT2D eigenvalue weighted by Gasteiger charge is 2.23. The van der Waals surface area contributed by atoms with Gasteiger partial charge in [0.15, 0.2) is 11.0 Å². The van der Waals surface area contributed by atoms with Crippen molar-refractivity contribution in [1.82, 2.24) is 19.7 Å². The Hall–Kier alpha value is -2.81. The number of halogens is 1. The lowest BCUT2D eigenvalue weighted by atomic mass is 10.1. The van der Waals surface area contributed by atoms with Gasteiger partial charge in [-0.1, -0.05) is 47.6 Å². The Morgan fingerprint density at radius 1 is 1.25 bits per heavy atom. The van der Waals surface area contributed by atoms with Crippen LogP contribution < -0.4 is 5.32 Å². The fourth-order valence-corrected chi connectivity index (χ4v) is 4.84. The maximum Gasteiger partial charge on any atom is 0.234 e. The fraction of sp³-hybridized carbons (Fsp3) is 0.261. The summed E-state index contributed by atoms with van der Waals surface area (Å²) in [5.41, 5.74) is 2.70. The maximum atomic E-state index is 12.5. The number of hydrogen-bond acceptors (Lipinski definition) is 5. The molecule has 1 aliphatic rings. The molecule has 1 fully saturated rings. The number of para-hydroxylation sites is 1. The van der Waals surface area contributed by atoms with Gasteiger partial charge >= 0.3 is 0 Å². The van der Waals surface area contributed by atoms with Crippen molar-refractivity contribution in [3.05, 3.63) is 59.8 Å². The third kappa shape index (κ3) is 4.53. The van der Waals surface area contributed by atoms with Crippen LogP contribution in [0.5, 0.6) is 0 Å². The van der Waals surface area contributed by atoms with Gasteiger partial charge in [0.25, 0.3) is 0 Å². The van der Waals surface area contributed by atoms with E-state index in [-0.39, 0.29) is 17.8 Å². The van der Waals surface area contributed by atoms with Crippen LogP contribution in [0, 0.1) is 0 Å². The molecule has 164 valence electrons. The molecule has 1 aliphatic heterocycles. The van der Waals surface area contributed by atoms with Crippen molar-refractivity contribution in [2.24, 2.45) is 0 Å². The van der Waals surface area contributed by atoms with Crippen LogP contribution in [0.2, 0.25) is 5.02 Å². The quantitative estimate of drug-likeness (QED) is 0.374. The number of aromatic nitrogens is 4. The van der Waals surface area contributed by atoms with Gasteiger partial charge in [-0.15, -0.1) is 10.2 Å². The van der Waals surface area contributed by atoms with E-state index < -0.39 is 0 Å². The highest BCUT2D eigenvalue weighted by molar-refractivity contribution is 7.99. The summed E-state index contributed by atoms with van der Waals surface area (Å²) in [6.45, 7) is 1.43. The lowest BCUT2D eigenvalue weighted by Gasteiger charge is -2.14. The molecule has 1 saturated heterocycles. The van der Waals surface area contributed by atoms with E-state index in [0.717, 1.165) is 41.7 Å². The predicted molar refractivity (Wildman–Crippen MR) is 127 cm³/mol. The number of thioether (sulfide) groups is 1. The summed E-state index contributed by atoms with van der Waals surface area (Å²) in [6, 6.07) is 15.2. The van der Waals surface area contributed by atoms with Crippen molar-refractivity contribution in [2.75, 3.05) is 17.7 Å². The smallest absolute Gasteiger partial charge is 0.234 e. The minimum Gasteiger partial charge on any atom is -0.376 e. The van der Waals surface area contributed by atoms with Gasteiger partial charge in [-0.05, 0) is 37.1 Å². The largest absolute Gasteiger partial charge is 0.376 e. The van der Waals surface area contributed by atoms with Crippen LogP contribution in [0.1, 0.15) is 12.8 Å². The van der Waals surface area contributed by atoms with Gasteiger partial charge in [0.1, 0.15) is 0 Å². The first kappa shape index (κ1) is 21.1. The molecule has 7 nitrogen and oxygen atoms in total. The first-order valence-electron chi connectivity index (χ1n) is 10.5. The van der Waals surface area contributed by atoms with Crippen LogP contribution in [0.15, 0.2) is 59.9 Å². The Kier molecular flexibility index (Phi) is 6.16. The predicted octanol–water partition coefficient (Wildman–Crippen LogP) is 4.99. The van der Waals surface area contributed by atoms with Crippen molar-refractivity contribution >= 4 is 45.9 Å². The number of carbonyl (C=O) groups is 1. The monoisotopic (exact) mass is 467 g/mol. The lowest BCUT2D eigenvalue weighted by Crippen LogP contribution is -2.18. The Balaban J connectivity index is 1.38. The number of rotatable bonds is 7. The topological polar surface area (TPSA) is 84.8 Å². The number of hydrogen-bond donors (Lipinski definition) is 2. The van der Waals surface area contributed by atoms with E-state index in [9.17, 15) is 4.79 Å². The second-order valence-corrected chi connectivity index (χ2v) is 9.03. The molecule has 9 heteroatoms. The number of amides is 1. The molecule has 0 radical (unpaired) electrons.